The molecule has 0 aliphatic carbocycles. The summed E-state index contributed by atoms with van der Waals surface area (Å²) in [7, 11) is 0. The second-order valence-electron chi connectivity index (χ2n) is 3.64. The number of likely N-dealkylation sites (N-methyl/N-ethyl adjacent to an activating group) is 1. The van der Waals surface area contributed by atoms with Gasteiger partial charge in [-0.25, -0.2) is 0 Å². The molecular weight excluding hydrogens is 288 g/mol. The Labute approximate surface area is 109 Å². The van der Waals surface area contributed by atoms with Crippen LogP contribution < -0.4 is 10.6 Å². The molecule has 1 amide bonds. The second kappa shape index (κ2) is 6.37. The Balaban J connectivity index is 2.54. The van der Waals surface area contributed by atoms with E-state index in [0.717, 1.165) is 4.47 Å². The van der Waals surface area contributed by atoms with Gasteiger partial charge in [0.1, 0.15) is 0 Å². The summed E-state index contributed by atoms with van der Waals surface area (Å²) in [6.07, 6.45) is 0. The van der Waals surface area contributed by atoms with Gasteiger partial charge in [-0.05, 0) is 48.1 Å². The normalized spacial score (nSPS) is 14.5. The lowest BCUT2D eigenvalue weighted by Crippen LogP contribution is -2.42. The average Bonchev–Trinajstić information content (AvgIpc) is 2.64. The van der Waals surface area contributed by atoms with Gasteiger partial charge < -0.3 is 5.32 Å². The number of hydrogen-bond donors (Lipinski definition) is 2. The standard InChI is InChI=1S/C11H17BrN2OS/c1-4-13-11(15)8(3)14-7(2)10-9(12)5-6-16-10/h5-8,14H,4H2,1-3H3,(H,13,15). The quantitative estimate of drug-likeness (QED) is 0.878. The molecule has 2 unspecified atom stereocenters. The zero-order valence-corrected chi connectivity index (χ0v) is 12.1. The third-order valence-corrected chi connectivity index (χ3v) is 4.34. The highest BCUT2D eigenvalue weighted by molar-refractivity contribution is 9.10. The Bertz CT molecular complexity index is 354. The van der Waals surface area contributed by atoms with Crippen LogP contribution in [0, 0.1) is 0 Å². The van der Waals surface area contributed by atoms with E-state index >= 15 is 0 Å². The summed E-state index contributed by atoms with van der Waals surface area (Å²) in [4.78, 5) is 12.8. The molecule has 0 fully saturated rings. The van der Waals surface area contributed by atoms with E-state index in [-0.39, 0.29) is 18.0 Å². The molecule has 0 spiro atoms. The Hall–Kier alpha value is -0.390. The first-order valence-electron chi connectivity index (χ1n) is 5.33. The van der Waals surface area contributed by atoms with Crippen LogP contribution in [0.25, 0.3) is 0 Å². The molecule has 1 rings (SSSR count). The number of hydrogen-bond acceptors (Lipinski definition) is 3. The summed E-state index contributed by atoms with van der Waals surface area (Å²) in [5, 5.41) is 8.11. The zero-order chi connectivity index (χ0) is 12.1. The molecule has 5 heteroatoms. The average molecular weight is 305 g/mol. The summed E-state index contributed by atoms with van der Waals surface area (Å²) in [5.74, 6) is 0.0435. The van der Waals surface area contributed by atoms with E-state index in [1.165, 1.54) is 4.88 Å². The third-order valence-electron chi connectivity index (χ3n) is 2.28. The van der Waals surface area contributed by atoms with Gasteiger partial charge in [-0.3, -0.25) is 10.1 Å². The van der Waals surface area contributed by atoms with Gasteiger partial charge >= 0.3 is 0 Å². The van der Waals surface area contributed by atoms with Crippen molar-refractivity contribution in [1.82, 2.24) is 10.6 Å². The van der Waals surface area contributed by atoms with Crippen LogP contribution in [-0.4, -0.2) is 18.5 Å². The third kappa shape index (κ3) is 3.57. The number of carbonyl (C=O) groups is 1. The Morgan fingerprint density at radius 3 is 2.75 bits per heavy atom. The van der Waals surface area contributed by atoms with E-state index in [4.69, 9.17) is 0 Å². The monoisotopic (exact) mass is 304 g/mol. The molecule has 0 aromatic carbocycles. The predicted molar refractivity (Wildman–Crippen MR) is 71.7 cm³/mol. The summed E-state index contributed by atoms with van der Waals surface area (Å²) >= 11 is 5.18. The largest absolute Gasteiger partial charge is 0.355 e. The first-order valence-corrected chi connectivity index (χ1v) is 7.00. The molecule has 0 saturated carbocycles. The highest BCUT2D eigenvalue weighted by atomic mass is 79.9. The van der Waals surface area contributed by atoms with Crippen LogP contribution in [0.1, 0.15) is 31.7 Å². The Morgan fingerprint density at radius 2 is 2.25 bits per heavy atom. The van der Waals surface area contributed by atoms with Crippen LogP contribution in [0.3, 0.4) is 0 Å². The van der Waals surface area contributed by atoms with Crippen LogP contribution in [0.2, 0.25) is 0 Å². The smallest absolute Gasteiger partial charge is 0.236 e. The van der Waals surface area contributed by atoms with Gasteiger partial charge in [0.2, 0.25) is 5.91 Å². The van der Waals surface area contributed by atoms with Crippen molar-refractivity contribution in [3.8, 4) is 0 Å². The van der Waals surface area contributed by atoms with Gasteiger partial charge in [-0.1, -0.05) is 0 Å². The molecule has 2 N–H and O–H groups in total. The van der Waals surface area contributed by atoms with E-state index in [1.54, 1.807) is 11.3 Å². The van der Waals surface area contributed by atoms with Crippen LogP contribution in [0.4, 0.5) is 0 Å². The van der Waals surface area contributed by atoms with E-state index in [9.17, 15) is 4.79 Å². The fraction of sp³-hybridized carbons (Fsp3) is 0.545. The molecule has 16 heavy (non-hydrogen) atoms. The molecule has 1 aromatic rings. The topological polar surface area (TPSA) is 41.1 Å². The molecule has 1 aromatic heterocycles. The van der Waals surface area contributed by atoms with Crippen molar-refractivity contribution in [1.29, 1.82) is 0 Å². The summed E-state index contributed by atoms with van der Waals surface area (Å²) in [6, 6.07) is 2.02. The van der Waals surface area contributed by atoms with Gasteiger partial charge in [0, 0.05) is 21.9 Å². The van der Waals surface area contributed by atoms with Crippen molar-refractivity contribution in [2.24, 2.45) is 0 Å². The molecule has 1 heterocycles. The van der Waals surface area contributed by atoms with Gasteiger partial charge in [0.25, 0.3) is 0 Å². The van der Waals surface area contributed by atoms with E-state index in [2.05, 4.69) is 33.5 Å². The summed E-state index contributed by atoms with van der Waals surface area (Å²) in [5.41, 5.74) is 0. The molecule has 2 atom stereocenters. The minimum atomic E-state index is -0.177. The van der Waals surface area contributed by atoms with Crippen molar-refractivity contribution in [2.45, 2.75) is 32.9 Å². The zero-order valence-electron chi connectivity index (χ0n) is 9.71. The lowest BCUT2D eigenvalue weighted by molar-refractivity contribution is -0.122. The first kappa shape index (κ1) is 13.7. The number of amides is 1. The van der Waals surface area contributed by atoms with Gasteiger partial charge in [0.05, 0.1) is 6.04 Å². The molecule has 3 nitrogen and oxygen atoms in total. The number of nitrogens with one attached hydrogen (secondary N) is 2. The van der Waals surface area contributed by atoms with Crippen molar-refractivity contribution in [2.75, 3.05) is 6.54 Å². The highest BCUT2D eigenvalue weighted by Gasteiger charge is 2.17. The van der Waals surface area contributed by atoms with Gasteiger partial charge in [0.15, 0.2) is 0 Å². The Kier molecular flexibility index (Phi) is 5.44. The fourth-order valence-corrected chi connectivity index (χ4v) is 3.20. The summed E-state index contributed by atoms with van der Waals surface area (Å²) < 4.78 is 1.10. The molecular formula is C11H17BrN2OS. The maximum Gasteiger partial charge on any atom is 0.236 e. The summed E-state index contributed by atoms with van der Waals surface area (Å²) in [6.45, 7) is 6.53. The van der Waals surface area contributed by atoms with Crippen molar-refractivity contribution >= 4 is 33.2 Å². The number of carbonyl (C=O) groups excluding carboxylic acids is 1. The number of halogens is 1. The minimum absolute atomic E-state index is 0.0435. The van der Waals surface area contributed by atoms with Gasteiger partial charge in [-0.2, -0.15) is 0 Å². The highest BCUT2D eigenvalue weighted by Crippen LogP contribution is 2.28. The lowest BCUT2D eigenvalue weighted by atomic mass is 10.2. The van der Waals surface area contributed by atoms with Crippen molar-refractivity contribution in [3.63, 3.8) is 0 Å². The lowest BCUT2D eigenvalue weighted by Gasteiger charge is -2.18. The molecule has 0 aliphatic heterocycles. The van der Waals surface area contributed by atoms with Crippen LogP contribution in [0.15, 0.2) is 15.9 Å². The SMILES string of the molecule is CCNC(=O)C(C)NC(C)c1sccc1Br. The maximum atomic E-state index is 11.6. The van der Waals surface area contributed by atoms with Crippen LogP contribution in [0.5, 0.6) is 0 Å². The second-order valence-corrected chi connectivity index (χ2v) is 5.44. The van der Waals surface area contributed by atoms with E-state index < -0.39 is 0 Å². The minimum Gasteiger partial charge on any atom is -0.355 e. The number of thiophene rings is 1. The van der Waals surface area contributed by atoms with Crippen molar-refractivity contribution < 1.29 is 4.79 Å². The van der Waals surface area contributed by atoms with E-state index in [1.807, 2.05) is 25.3 Å². The Morgan fingerprint density at radius 1 is 1.56 bits per heavy atom. The predicted octanol–water partition coefficient (Wildman–Crippen LogP) is 2.69. The maximum absolute atomic E-state index is 11.6. The first-order chi connectivity index (χ1) is 7.56. The number of rotatable bonds is 5. The van der Waals surface area contributed by atoms with Gasteiger partial charge in [-0.15, -0.1) is 11.3 Å². The molecule has 90 valence electrons. The molecule has 0 aliphatic rings. The molecule has 0 bridgehead atoms. The fourth-order valence-electron chi connectivity index (χ4n) is 1.47. The molecule has 0 saturated heterocycles. The van der Waals surface area contributed by atoms with Crippen LogP contribution in [-0.2, 0) is 4.79 Å². The molecule has 0 radical (unpaired) electrons. The van der Waals surface area contributed by atoms with Crippen LogP contribution >= 0.6 is 27.3 Å². The van der Waals surface area contributed by atoms with E-state index in [0.29, 0.717) is 6.54 Å². The van der Waals surface area contributed by atoms with Crippen molar-refractivity contribution in [3.05, 3.63) is 20.8 Å².